The van der Waals surface area contributed by atoms with Gasteiger partial charge >= 0.3 is 0 Å². The Hall–Kier alpha value is -0.570. The third-order valence-corrected chi connectivity index (χ3v) is 4.03. The van der Waals surface area contributed by atoms with Gasteiger partial charge in [-0.05, 0) is 31.1 Å². The number of aliphatic hydroxyl groups is 1. The molecule has 3 nitrogen and oxygen atoms in total. The standard InChI is InChI=1S/C14H27NO2/c1-3-4-6-11(2)14(17)15-9-12-7-5-8-13(12)10-16/h11-13,16H,3-10H2,1-2H3,(H,15,17). The predicted molar refractivity (Wildman–Crippen MR) is 69.6 cm³/mol. The highest BCUT2D eigenvalue weighted by Crippen LogP contribution is 2.30. The van der Waals surface area contributed by atoms with Crippen LogP contribution in [0, 0.1) is 17.8 Å². The summed E-state index contributed by atoms with van der Waals surface area (Å²) < 4.78 is 0. The van der Waals surface area contributed by atoms with Gasteiger partial charge in [-0.1, -0.05) is 33.1 Å². The summed E-state index contributed by atoms with van der Waals surface area (Å²) in [6.07, 6.45) is 6.70. The SMILES string of the molecule is CCCCC(C)C(=O)NCC1CCCC1CO. The minimum Gasteiger partial charge on any atom is -0.396 e. The van der Waals surface area contributed by atoms with E-state index < -0.39 is 0 Å². The lowest BCUT2D eigenvalue weighted by Crippen LogP contribution is -2.35. The highest BCUT2D eigenvalue weighted by Gasteiger charge is 2.27. The minimum atomic E-state index is 0.129. The van der Waals surface area contributed by atoms with Crippen LogP contribution in [0.1, 0.15) is 52.4 Å². The van der Waals surface area contributed by atoms with E-state index in [0.717, 1.165) is 38.6 Å². The number of aliphatic hydroxyl groups excluding tert-OH is 1. The zero-order valence-corrected chi connectivity index (χ0v) is 11.2. The fourth-order valence-electron chi connectivity index (χ4n) is 2.67. The van der Waals surface area contributed by atoms with Crippen molar-refractivity contribution in [3.05, 3.63) is 0 Å². The van der Waals surface area contributed by atoms with Crippen LogP contribution in [0.4, 0.5) is 0 Å². The number of rotatable bonds is 7. The normalized spacial score (nSPS) is 25.8. The van der Waals surface area contributed by atoms with Gasteiger partial charge in [-0.15, -0.1) is 0 Å². The van der Waals surface area contributed by atoms with Crippen molar-refractivity contribution in [2.45, 2.75) is 52.4 Å². The first-order valence-corrected chi connectivity index (χ1v) is 7.07. The molecule has 17 heavy (non-hydrogen) atoms. The number of hydrogen-bond donors (Lipinski definition) is 2. The summed E-state index contributed by atoms with van der Waals surface area (Å²) in [7, 11) is 0. The van der Waals surface area contributed by atoms with Gasteiger partial charge in [0.05, 0.1) is 0 Å². The van der Waals surface area contributed by atoms with Crippen molar-refractivity contribution in [3.63, 3.8) is 0 Å². The zero-order chi connectivity index (χ0) is 12.7. The maximum Gasteiger partial charge on any atom is 0.222 e. The molecule has 2 N–H and O–H groups in total. The molecule has 0 aromatic rings. The van der Waals surface area contributed by atoms with Crippen LogP contribution in [0.25, 0.3) is 0 Å². The largest absolute Gasteiger partial charge is 0.396 e. The molecule has 3 unspecified atom stereocenters. The Morgan fingerprint density at radius 1 is 1.41 bits per heavy atom. The van der Waals surface area contributed by atoms with E-state index in [2.05, 4.69) is 12.2 Å². The van der Waals surface area contributed by atoms with E-state index in [0.29, 0.717) is 11.8 Å². The number of carbonyl (C=O) groups excluding carboxylic acids is 1. The van der Waals surface area contributed by atoms with Gasteiger partial charge in [0.15, 0.2) is 0 Å². The summed E-state index contributed by atoms with van der Waals surface area (Å²) in [5.41, 5.74) is 0. The maximum atomic E-state index is 11.8. The Bertz CT molecular complexity index is 230. The second-order valence-electron chi connectivity index (χ2n) is 5.42. The van der Waals surface area contributed by atoms with Crippen molar-refractivity contribution >= 4 is 5.91 Å². The number of amides is 1. The first-order valence-electron chi connectivity index (χ1n) is 7.07. The van der Waals surface area contributed by atoms with E-state index in [4.69, 9.17) is 0 Å². The van der Waals surface area contributed by atoms with Crippen LogP contribution in [0.5, 0.6) is 0 Å². The maximum absolute atomic E-state index is 11.8. The second-order valence-corrected chi connectivity index (χ2v) is 5.42. The molecule has 0 bridgehead atoms. The van der Waals surface area contributed by atoms with Crippen LogP contribution in [0.15, 0.2) is 0 Å². The van der Waals surface area contributed by atoms with Crippen molar-refractivity contribution in [1.29, 1.82) is 0 Å². The lowest BCUT2D eigenvalue weighted by atomic mass is 9.96. The lowest BCUT2D eigenvalue weighted by Gasteiger charge is -2.19. The molecular formula is C14H27NO2. The Morgan fingerprint density at radius 2 is 2.12 bits per heavy atom. The topological polar surface area (TPSA) is 49.3 Å². The van der Waals surface area contributed by atoms with Crippen LogP contribution in [0.2, 0.25) is 0 Å². The molecule has 0 aromatic heterocycles. The van der Waals surface area contributed by atoms with Crippen LogP contribution in [0.3, 0.4) is 0 Å². The van der Waals surface area contributed by atoms with E-state index in [1.165, 1.54) is 6.42 Å². The van der Waals surface area contributed by atoms with Crippen molar-refractivity contribution in [3.8, 4) is 0 Å². The number of nitrogens with one attached hydrogen (secondary N) is 1. The third kappa shape index (κ3) is 4.66. The number of hydrogen-bond acceptors (Lipinski definition) is 2. The smallest absolute Gasteiger partial charge is 0.222 e. The average Bonchev–Trinajstić information content (AvgIpc) is 2.80. The highest BCUT2D eigenvalue weighted by molar-refractivity contribution is 5.78. The van der Waals surface area contributed by atoms with E-state index in [9.17, 15) is 9.90 Å². The van der Waals surface area contributed by atoms with Crippen LogP contribution < -0.4 is 5.32 Å². The summed E-state index contributed by atoms with van der Waals surface area (Å²) in [5, 5.41) is 12.3. The van der Waals surface area contributed by atoms with Gasteiger partial charge < -0.3 is 10.4 Å². The predicted octanol–water partition coefficient (Wildman–Crippen LogP) is 2.34. The molecular weight excluding hydrogens is 214 g/mol. The van der Waals surface area contributed by atoms with Gasteiger partial charge in [-0.3, -0.25) is 4.79 Å². The molecule has 1 saturated carbocycles. The molecule has 1 aliphatic carbocycles. The molecule has 1 aliphatic rings. The summed E-state index contributed by atoms with van der Waals surface area (Å²) >= 11 is 0. The van der Waals surface area contributed by atoms with Gasteiger partial charge in [0.1, 0.15) is 0 Å². The molecule has 3 atom stereocenters. The second kappa shape index (κ2) is 7.70. The molecule has 0 aliphatic heterocycles. The summed E-state index contributed by atoms with van der Waals surface area (Å²) in [6, 6.07) is 0. The van der Waals surface area contributed by atoms with Crippen molar-refractivity contribution in [2.75, 3.05) is 13.2 Å². The average molecular weight is 241 g/mol. The van der Waals surface area contributed by atoms with Crippen LogP contribution in [-0.4, -0.2) is 24.2 Å². The van der Waals surface area contributed by atoms with E-state index in [1.54, 1.807) is 0 Å². The minimum absolute atomic E-state index is 0.129. The van der Waals surface area contributed by atoms with Crippen molar-refractivity contribution in [1.82, 2.24) is 5.32 Å². The molecule has 3 heteroatoms. The van der Waals surface area contributed by atoms with Gasteiger partial charge in [0.25, 0.3) is 0 Å². The molecule has 0 radical (unpaired) electrons. The fourth-order valence-corrected chi connectivity index (χ4v) is 2.67. The molecule has 0 aromatic carbocycles. The zero-order valence-electron chi connectivity index (χ0n) is 11.2. The first kappa shape index (κ1) is 14.5. The van der Waals surface area contributed by atoms with Gasteiger partial charge in [0.2, 0.25) is 5.91 Å². The summed E-state index contributed by atoms with van der Waals surface area (Å²) in [4.78, 5) is 11.8. The number of carbonyl (C=O) groups is 1. The first-order chi connectivity index (χ1) is 8.19. The monoisotopic (exact) mass is 241 g/mol. The van der Waals surface area contributed by atoms with E-state index in [-0.39, 0.29) is 18.4 Å². The molecule has 0 spiro atoms. The van der Waals surface area contributed by atoms with E-state index in [1.807, 2.05) is 6.92 Å². The summed E-state index contributed by atoms with van der Waals surface area (Å²) in [6.45, 7) is 5.17. The van der Waals surface area contributed by atoms with Crippen molar-refractivity contribution in [2.24, 2.45) is 17.8 Å². The molecule has 100 valence electrons. The lowest BCUT2D eigenvalue weighted by molar-refractivity contribution is -0.125. The van der Waals surface area contributed by atoms with Gasteiger partial charge in [-0.25, -0.2) is 0 Å². The van der Waals surface area contributed by atoms with E-state index >= 15 is 0 Å². The molecule has 0 heterocycles. The number of unbranched alkanes of at least 4 members (excludes halogenated alkanes) is 1. The molecule has 1 amide bonds. The highest BCUT2D eigenvalue weighted by atomic mass is 16.3. The molecule has 0 saturated heterocycles. The Labute approximate surface area is 105 Å². The van der Waals surface area contributed by atoms with Gasteiger partial charge in [-0.2, -0.15) is 0 Å². The Balaban J connectivity index is 2.22. The van der Waals surface area contributed by atoms with Crippen molar-refractivity contribution < 1.29 is 9.90 Å². The summed E-state index contributed by atoms with van der Waals surface area (Å²) in [5.74, 6) is 1.20. The van der Waals surface area contributed by atoms with Gasteiger partial charge in [0, 0.05) is 19.1 Å². The van der Waals surface area contributed by atoms with Crippen LogP contribution >= 0.6 is 0 Å². The Kier molecular flexibility index (Phi) is 6.56. The van der Waals surface area contributed by atoms with Crippen LogP contribution in [-0.2, 0) is 4.79 Å². The quantitative estimate of drug-likeness (QED) is 0.719. The third-order valence-electron chi connectivity index (χ3n) is 4.03. The molecule has 1 fully saturated rings. The molecule has 1 rings (SSSR count). The fraction of sp³-hybridized carbons (Fsp3) is 0.929. The Morgan fingerprint density at radius 3 is 2.76 bits per heavy atom.